The van der Waals surface area contributed by atoms with Crippen molar-refractivity contribution in [2.45, 2.75) is 6.42 Å². The number of ether oxygens (including phenoxy) is 2. The summed E-state index contributed by atoms with van der Waals surface area (Å²) in [6, 6.07) is 15.4. The number of carbonyl (C=O) groups is 1. The van der Waals surface area contributed by atoms with E-state index >= 15 is 0 Å². The largest absolute Gasteiger partial charge is 0.497 e. The second-order valence-electron chi connectivity index (χ2n) is 6.74. The number of H-pyrrole nitrogens is 1. The lowest BCUT2D eigenvalue weighted by Crippen LogP contribution is -2.25. The van der Waals surface area contributed by atoms with E-state index in [0.29, 0.717) is 35.1 Å². The third-order valence-electron chi connectivity index (χ3n) is 4.87. The lowest BCUT2D eigenvalue weighted by Gasteiger charge is -2.20. The molecule has 148 valence electrons. The molecule has 29 heavy (non-hydrogen) atoms. The fraction of sp³-hybridized carbons (Fsp3) is 0.182. The number of aromatic nitrogens is 2. The van der Waals surface area contributed by atoms with E-state index in [2.05, 4.69) is 9.97 Å². The van der Waals surface area contributed by atoms with Gasteiger partial charge in [-0.25, -0.2) is 4.98 Å². The maximum Gasteiger partial charge on any atom is 0.189 e. The highest BCUT2D eigenvalue weighted by Crippen LogP contribution is 2.34. The molecule has 1 aliphatic rings. The average Bonchev–Trinajstić information content (AvgIpc) is 3.31. The van der Waals surface area contributed by atoms with Gasteiger partial charge in [-0.1, -0.05) is 30.3 Å². The monoisotopic (exact) mass is 390 g/mol. The Morgan fingerprint density at radius 3 is 2.45 bits per heavy atom. The number of hydrogen-bond donors (Lipinski definition) is 2. The van der Waals surface area contributed by atoms with Gasteiger partial charge in [0.25, 0.3) is 0 Å². The highest BCUT2D eigenvalue weighted by Gasteiger charge is 2.32. The molecule has 0 saturated carbocycles. The van der Waals surface area contributed by atoms with Gasteiger partial charge in [0, 0.05) is 30.8 Å². The summed E-state index contributed by atoms with van der Waals surface area (Å²) in [5.74, 6) is 1.99. The van der Waals surface area contributed by atoms with Gasteiger partial charge in [0.05, 0.1) is 32.1 Å². The van der Waals surface area contributed by atoms with E-state index in [1.165, 1.54) is 0 Å². The smallest absolute Gasteiger partial charge is 0.189 e. The van der Waals surface area contributed by atoms with Crippen molar-refractivity contribution < 1.29 is 14.3 Å². The number of rotatable bonds is 6. The van der Waals surface area contributed by atoms with Crippen LogP contribution in [0.1, 0.15) is 17.1 Å². The molecule has 4 rings (SSSR count). The van der Waals surface area contributed by atoms with E-state index in [4.69, 9.17) is 15.2 Å². The van der Waals surface area contributed by atoms with Gasteiger partial charge < -0.3 is 25.1 Å². The van der Waals surface area contributed by atoms with Crippen molar-refractivity contribution in [3.8, 4) is 11.5 Å². The molecule has 0 saturated heterocycles. The summed E-state index contributed by atoms with van der Waals surface area (Å²) < 4.78 is 10.6. The molecule has 0 atom stereocenters. The summed E-state index contributed by atoms with van der Waals surface area (Å²) in [5, 5.41) is 0. The van der Waals surface area contributed by atoms with Crippen LogP contribution in [0.5, 0.6) is 11.5 Å². The SMILES string of the molecule is COc1cc(OC)cc(N2CC(=O)C(c3nc(Cc4ccccc4)c[nH]3)=C2N)c1. The summed E-state index contributed by atoms with van der Waals surface area (Å²) >= 11 is 0. The van der Waals surface area contributed by atoms with Gasteiger partial charge in [-0.15, -0.1) is 0 Å². The maximum absolute atomic E-state index is 12.7. The van der Waals surface area contributed by atoms with Crippen LogP contribution in [0.4, 0.5) is 5.69 Å². The predicted molar refractivity (Wildman–Crippen MR) is 111 cm³/mol. The molecule has 2 heterocycles. The second kappa shape index (κ2) is 7.71. The van der Waals surface area contributed by atoms with Gasteiger partial charge >= 0.3 is 0 Å². The Morgan fingerprint density at radius 2 is 1.79 bits per heavy atom. The zero-order chi connectivity index (χ0) is 20.4. The summed E-state index contributed by atoms with van der Waals surface area (Å²) in [7, 11) is 3.16. The number of benzene rings is 2. The van der Waals surface area contributed by atoms with Crippen LogP contribution in [0.25, 0.3) is 5.57 Å². The minimum absolute atomic E-state index is 0.0927. The number of nitrogens with zero attached hydrogens (tertiary/aromatic N) is 2. The van der Waals surface area contributed by atoms with Crippen LogP contribution in [0, 0.1) is 0 Å². The number of ketones is 1. The first kappa shape index (κ1) is 18.6. The number of methoxy groups -OCH3 is 2. The first-order valence-corrected chi connectivity index (χ1v) is 9.21. The summed E-state index contributed by atoms with van der Waals surface area (Å²) in [4.78, 5) is 22.2. The molecule has 0 spiro atoms. The minimum atomic E-state index is -0.0927. The number of nitrogens with one attached hydrogen (secondary N) is 1. The van der Waals surface area contributed by atoms with E-state index in [1.54, 1.807) is 25.2 Å². The molecule has 0 aliphatic carbocycles. The number of Topliss-reactive ketones (excluding diaryl/α,β-unsaturated/α-hetero) is 1. The van der Waals surface area contributed by atoms with Crippen molar-refractivity contribution >= 4 is 17.0 Å². The van der Waals surface area contributed by atoms with Gasteiger partial charge in [-0.2, -0.15) is 0 Å². The first-order chi connectivity index (χ1) is 14.1. The highest BCUT2D eigenvalue weighted by molar-refractivity contribution is 6.25. The van der Waals surface area contributed by atoms with Crippen molar-refractivity contribution in [1.82, 2.24) is 9.97 Å². The van der Waals surface area contributed by atoms with Crippen LogP contribution >= 0.6 is 0 Å². The Kier molecular flexibility index (Phi) is 4.95. The molecule has 0 fully saturated rings. The number of aromatic amines is 1. The first-order valence-electron chi connectivity index (χ1n) is 9.21. The standard InChI is InChI=1S/C22H22N4O3/c1-28-17-9-16(10-18(11-17)29-2)26-13-19(27)20(21(26)23)22-24-12-15(25-22)8-14-6-4-3-5-7-14/h3-7,9-12H,8,13,23H2,1-2H3,(H,24,25). The van der Waals surface area contributed by atoms with Crippen molar-refractivity contribution in [2.24, 2.45) is 5.73 Å². The van der Waals surface area contributed by atoms with Crippen molar-refractivity contribution in [2.75, 3.05) is 25.7 Å². The molecular formula is C22H22N4O3. The normalized spacial score (nSPS) is 13.9. The van der Waals surface area contributed by atoms with Crippen molar-refractivity contribution in [1.29, 1.82) is 0 Å². The quantitative estimate of drug-likeness (QED) is 0.672. The Labute approximate surface area is 168 Å². The Bertz CT molecular complexity index is 1050. The Balaban J connectivity index is 1.64. The number of hydrogen-bond acceptors (Lipinski definition) is 6. The third-order valence-corrected chi connectivity index (χ3v) is 4.87. The highest BCUT2D eigenvalue weighted by atomic mass is 16.5. The minimum Gasteiger partial charge on any atom is -0.497 e. The lowest BCUT2D eigenvalue weighted by molar-refractivity contribution is -0.112. The molecule has 1 aromatic heterocycles. The molecular weight excluding hydrogens is 368 g/mol. The fourth-order valence-corrected chi connectivity index (χ4v) is 3.40. The molecule has 0 unspecified atom stereocenters. The molecule has 3 N–H and O–H groups in total. The molecule has 2 aromatic carbocycles. The topological polar surface area (TPSA) is 93.5 Å². The number of nitrogens with two attached hydrogens (primary N) is 1. The van der Waals surface area contributed by atoms with E-state index in [-0.39, 0.29) is 12.3 Å². The molecule has 0 bridgehead atoms. The van der Waals surface area contributed by atoms with Crippen LogP contribution in [0.2, 0.25) is 0 Å². The fourth-order valence-electron chi connectivity index (χ4n) is 3.40. The van der Waals surface area contributed by atoms with Crippen molar-refractivity contribution in [3.05, 3.63) is 77.6 Å². The molecule has 7 nitrogen and oxygen atoms in total. The van der Waals surface area contributed by atoms with Crippen LogP contribution < -0.4 is 20.1 Å². The van der Waals surface area contributed by atoms with E-state index in [1.807, 2.05) is 48.7 Å². The van der Waals surface area contributed by atoms with Gasteiger partial charge in [-0.3, -0.25) is 4.79 Å². The predicted octanol–water partition coefficient (Wildman–Crippen LogP) is 2.73. The lowest BCUT2D eigenvalue weighted by atomic mass is 10.1. The average molecular weight is 390 g/mol. The Hall–Kier alpha value is -3.74. The maximum atomic E-state index is 12.7. The molecule has 0 radical (unpaired) electrons. The van der Waals surface area contributed by atoms with E-state index in [0.717, 1.165) is 16.9 Å². The number of anilines is 1. The van der Waals surface area contributed by atoms with E-state index < -0.39 is 0 Å². The van der Waals surface area contributed by atoms with Crippen LogP contribution in [-0.4, -0.2) is 36.5 Å². The third kappa shape index (κ3) is 3.67. The zero-order valence-electron chi connectivity index (χ0n) is 16.3. The van der Waals surface area contributed by atoms with Gasteiger partial charge in [0.15, 0.2) is 5.78 Å². The Morgan fingerprint density at radius 1 is 1.10 bits per heavy atom. The summed E-state index contributed by atoms with van der Waals surface area (Å²) in [6.07, 6.45) is 2.49. The molecule has 7 heteroatoms. The second-order valence-corrected chi connectivity index (χ2v) is 6.74. The molecule has 1 aliphatic heterocycles. The molecule has 0 amide bonds. The zero-order valence-corrected chi connectivity index (χ0v) is 16.3. The van der Waals surface area contributed by atoms with Crippen LogP contribution in [0.3, 0.4) is 0 Å². The summed E-state index contributed by atoms with van der Waals surface area (Å²) in [6.45, 7) is 0.131. The van der Waals surface area contributed by atoms with Crippen LogP contribution in [0.15, 0.2) is 60.5 Å². The molecule has 3 aromatic rings. The number of imidazole rings is 1. The van der Waals surface area contributed by atoms with Gasteiger partial charge in [-0.05, 0) is 5.56 Å². The number of carbonyl (C=O) groups excluding carboxylic acids is 1. The summed E-state index contributed by atoms with van der Waals surface area (Å²) in [5.41, 5.74) is 9.48. The van der Waals surface area contributed by atoms with Gasteiger partial charge in [0.1, 0.15) is 28.7 Å². The van der Waals surface area contributed by atoms with Crippen LogP contribution in [-0.2, 0) is 11.2 Å². The van der Waals surface area contributed by atoms with Crippen molar-refractivity contribution in [3.63, 3.8) is 0 Å². The van der Waals surface area contributed by atoms with E-state index in [9.17, 15) is 4.79 Å². The van der Waals surface area contributed by atoms with Gasteiger partial charge in [0.2, 0.25) is 0 Å².